The monoisotopic (exact) mass is 511 g/mol. The van der Waals surface area contributed by atoms with Crippen molar-refractivity contribution in [3.8, 4) is 5.69 Å². The zero-order valence-corrected chi connectivity index (χ0v) is 19.3. The highest BCUT2D eigenvalue weighted by atomic mass is 35.5. The second-order valence-corrected chi connectivity index (χ2v) is 9.43. The molecule has 0 aliphatic rings. The molecule has 0 aliphatic carbocycles. The van der Waals surface area contributed by atoms with E-state index in [0.717, 1.165) is 11.6 Å². The lowest BCUT2D eigenvalue weighted by Gasteiger charge is -2.14. The fraction of sp³-hybridized carbons (Fsp3) is 0.0909. The molecule has 1 unspecified atom stereocenters. The molecular weight excluding hydrogens is 499 g/mol. The summed E-state index contributed by atoms with van der Waals surface area (Å²) in [5, 5.41) is 9.50. The standard InChI is InChI=1S/C22H14Cl3F2N3OS/c23-18-8-1-13(9-20(18)25)10-21-28-29-22(30(21)17-6-4-15(26)5-7-17)32(31)12-14-2-3-16(27)11-19(14)24/h1-9,11H,10,12H2. The van der Waals surface area contributed by atoms with Crippen LogP contribution in [0.4, 0.5) is 8.78 Å². The van der Waals surface area contributed by atoms with Crippen molar-refractivity contribution in [1.29, 1.82) is 0 Å². The fourth-order valence-electron chi connectivity index (χ4n) is 3.09. The third-order valence-corrected chi connectivity index (χ3v) is 6.97. The molecule has 10 heteroatoms. The van der Waals surface area contributed by atoms with E-state index in [1.54, 1.807) is 34.9 Å². The highest BCUT2D eigenvalue weighted by Crippen LogP contribution is 2.27. The van der Waals surface area contributed by atoms with Gasteiger partial charge in [-0.1, -0.05) is 46.0 Å². The zero-order valence-electron chi connectivity index (χ0n) is 16.2. The predicted molar refractivity (Wildman–Crippen MR) is 122 cm³/mol. The van der Waals surface area contributed by atoms with Crippen molar-refractivity contribution in [3.63, 3.8) is 0 Å². The Morgan fingerprint density at radius 2 is 1.53 bits per heavy atom. The highest BCUT2D eigenvalue weighted by Gasteiger charge is 2.26. The Labute approximate surface area is 200 Å². The van der Waals surface area contributed by atoms with E-state index in [-0.39, 0.29) is 15.9 Å². The van der Waals surface area contributed by atoms with Gasteiger partial charge in [-0.25, -0.2) is 13.3 Å². The molecule has 1 aromatic heterocycles. The van der Waals surface area contributed by atoms with Gasteiger partial charge in [-0.2, -0.15) is 0 Å². The van der Waals surface area contributed by atoms with Gasteiger partial charge in [-0.05, 0) is 60.2 Å². The molecule has 0 aliphatic heterocycles. The summed E-state index contributed by atoms with van der Waals surface area (Å²) in [6.07, 6.45) is 0.315. The lowest BCUT2D eigenvalue weighted by atomic mass is 10.1. The van der Waals surface area contributed by atoms with Crippen molar-refractivity contribution in [2.75, 3.05) is 0 Å². The van der Waals surface area contributed by atoms with E-state index in [9.17, 15) is 13.3 Å². The smallest absolute Gasteiger partial charge is 0.348 e. The number of nitrogens with zero attached hydrogens (tertiary/aromatic N) is 3. The van der Waals surface area contributed by atoms with Gasteiger partial charge in [0.2, 0.25) is 0 Å². The van der Waals surface area contributed by atoms with Crippen molar-refractivity contribution in [1.82, 2.24) is 14.8 Å². The summed E-state index contributed by atoms with van der Waals surface area (Å²) in [7, 11) is 0. The van der Waals surface area contributed by atoms with E-state index in [4.69, 9.17) is 34.8 Å². The average molecular weight is 513 g/mol. The van der Waals surface area contributed by atoms with Crippen molar-refractivity contribution >= 4 is 46.0 Å². The number of rotatable bonds is 6. The molecule has 1 heterocycles. The van der Waals surface area contributed by atoms with Crippen LogP contribution in [-0.2, 0) is 23.3 Å². The van der Waals surface area contributed by atoms with E-state index >= 15 is 0 Å². The van der Waals surface area contributed by atoms with Crippen LogP contribution in [0.15, 0.2) is 65.8 Å². The molecule has 4 rings (SSSR count). The molecule has 0 saturated heterocycles. The summed E-state index contributed by atoms with van der Waals surface area (Å²) in [4.78, 5) is 0. The first-order valence-corrected chi connectivity index (χ1v) is 11.7. The van der Waals surface area contributed by atoms with E-state index < -0.39 is 22.8 Å². The topological polar surface area (TPSA) is 53.8 Å². The minimum Gasteiger partial charge on any atom is -0.609 e. The van der Waals surface area contributed by atoms with Gasteiger partial charge in [0, 0.05) is 23.2 Å². The summed E-state index contributed by atoms with van der Waals surface area (Å²) < 4.78 is 41.7. The van der Waals surface area contributed by atoms with Gasteiger partial charge >= 0.3 is 5.16 Å². The second-order valence-electron chi connectivity index (χ2n) is 6.86. The van der Waals surface area contributed by atoms with Crippen LogP contribution in [0.5, 0.6) is 0 Å². The Morgan fingerprint density at radius 3 is 2.22 bits per heavy atom. The molecule has 0 amide bonds. The molecule has 0 bridgehead atoms. The Kier molecular flexibility index (Phi) is 7.02. The molecule has 0 N–H and O–H groups in total. The molecule has 4 aromatic rings. The summed E-state index contributed by atoms with van der Waals surface area (Å²) in [5.74, 6) is -0.411. The maximum Gasteiger partial charge on any atom is 0.348 e. The molecular formula is C22H14Cl3F2N3OS. The van der Waals surface area contributed by atoms with Crippen molar-refractivity contribution < 1.29 is 13.3 Å². The second kappa shape index (κ2) is 9.77. The first-order valence-electron chi connectivity index (χ1n) is 9.28. The van der Waals surface area contributed by atoms with Crippen molar-refractivity contribution in [2.24, 2.45) is 0 Å². The highest BCUT2D eigenvalue weighted by molar-refractivity contribution is 7.90. The molecule has 32 heavy (non-hydrogen) atoms. The molecule has 164 valence electrons. The summed E-state index contributed by atoms with van der Waals surface area (Å²) in [6.45, 7) is 0. The van der Waals surface area contributed by atoms with Crippen LogP contribution in [-0.4, -0.2) is 19.3 Å². The van der Waals surface area contributed by atoms with Crippen LogP contribution in [0, 0.1) is 11.6 Å². The van der Waals surface area contributed by atoms with Crippen molar-refractivity contribution in [3.05, 3.63) is 104 Å². The summed E-state index contributed by atoms with van der Waals surface area (Å²) >= 11 is 16.5. The van der Waals surface area contributed by atoms with Gasteiger partial charge in [0.1, 0.15) is 23.2 Å². The lowest BCUT2D eigenvalue weighted by Crippen LogP contribution is -2.14. The zero-order chi connectivity index (χ0) is 22.8. The van der Waals surface area contributed by atoms with E-state index in [0.29, 0.717) is 33.5 Å². The molecule has 0 fully saturated rings. The maximum absolute atomic E-state index is 13.5. The number of benzene rings is 3. The van der Waals surface area contributed by atoms with Crippen LogP contribution < -0.4 is 0 Å². The largest absolute Gasteiger partial charge is 0.609 e. The van der Waals surface area contributed by atoms with Gasteiger partial charge in [0.15, 0.2) is 0 Å². The van der Waals surface area contributed by atoms with E-state index in [1.165, 1.54) is 24.3 Å². The SMILES string of the molecule is [O-][S+](Cc1ccc(F)cc1Cl)c1nnc(Cc2ccc(Cl)c(Cl)c2)n1-c1ccc(F)cc1. The Balaban J connectivity index is 1.73. The minimum atomic E-state index is -1.67. The average Bonchev–Trinajstić information content (AvgIpc) is 3.17. The van der Waals surface area contributed by atoms with Gasteiger partial charge in [-0.3, -0.25) is 0 Å². The van der Waals surface area contributed by atoms with Crippen molar-refractivity contribution in [2.45, 2.75) is 17.3 Å². The Bertz CT molecular complexity index is 1270. The van der Waals surface area contributed by atoms with E-state index in [1.807, 2.05) is 0 Å². The third-order valence-electron chi connectivity index (χ3n) is 4.64. The number of halogens is 5. The van der Waals surface area contributed by atoms with Crippen LogP contribution in [0.3, 0.4) is 0 Å². The molecule has 1 atom stereocenters. The molecule has 4 nitrogen and oxygen atoms in total. The van der Waals surface area contributed by atoms with Gasteiger partial charge in [-0.15, -0.1) is 5.10 Å². The predicted octanol–water partition coefficient (Wildman–Crippen LogP) is 6.40. The normalized spacial score (nSPS) is 12.2. The van der Waals surface area contributed by atoms with Crippen LogP contribution in [0.25, 0.3) is 5.69 Å². The summed E-state index contributed by atoms with van der Waals surface area (Å²) in [5.41, 5.74) is 1.86. The van der Waals surface area contributed by atoms with Crippen LogP contribution >= 0.6 is 34.8 Å². The lowest BCUT2D eigenvalue weighted by molar-refractivity contribution is 0.580. The number of hydrogen-bond acceptors (Lipinski definition) is 3. The molecule has 0 radical (unpaired) electrons. The first kappa shape index (κ1) is 23.0. The fourth-order valence-corrected chi connectivity index (χ4v) is 4.93. The Hall–Kier alpha value is -2.16. The third kappa shape index (κ3) is 5.08. The molecule has 0 spiro atoms. The van der Waals surface area contributed by atoms with Crippen LogP contribution in [0.1, 0.15) is 17.0 Å². The van der Waals surface area contributed by atoms with Gasteiger partial charge in [0.05, 0.1) is 20.8 Å². The minimum absolute atomic E-state index is 0.00517. The summed E-state index contributed by atoms with van der Waals surface area (Å²) in [6, 6.07) is 14.7. The first-order chi connectivity index (χ1) is 15.3. The quantitative estimate of drug-likeness (QED) is 0.281. The van der Waals surface area contributed by atoms with E-state index in [2.05, 4.69) is 10.2 Å². The number of aromatic nitrogens is 3. The number of hydrogen-bond donors (Lipinski definition) is 0. The van der Waals surface area contributed by atoms with Gasteiger partial charge < -0.3 is 4.55 Å². The van der Waals surface area contributed by atoms with Crippen LogP contribution in [0.2, 0.25) is 15.1 Å². The van der Waals surface area contributed by atoms with Gasteiger partial charge in [0.25, 0.3) is 0 Å². The molecule has 0 saturated carbocycles. The maximum atomic E-state index is 13.5. The molecule has 3 aromatic carbocycles. The Morgan fingerprint density at radius 1 is 0.812 bits per heavy atom.